The van der Waals surface area contributed by atoms with Crippen molar-refractivity contribution in [3.8, 4) is 11.9 Å². The summed E-state index contributed by atoms with van der Waals surface area (Å²) < 4.78 is 7.26. The van der Waals surface area contributed by atoms with Crippen LogP contribution in [-0.4, -0.2) is 21.9 Å². The first-order chi connectivity index (χ1) is 12.5. The minimum atomic E-state index is 0.529. The van der Waals surface area contributed by atoms with Gasteiger partial charge >= 0.3 is 0 Å². The van der Waals surface area contributed by atoms with Gasteiger partial charge in [-0.25, -0.2) is 4.68 Å². The number of rotatable bonds is 5. The fourth-order valence-electron chi connectivity index (χ4n) is 3.44. The number of nitriles is 1. The SMILES string of the molecule is CCc1nn(C)c(OC)c1CNc1c(C#N)cnc2c(C)cc(C)cc12. The summed E-state index contributed by atoms with van der Waals surface area (Å²) >= 11 is 0. The van der Waals surface area contributed by atoms with Crippen LogP contribution >= 0.6 is 0 Å². The van der Waals surface area contributed by atoms with Crippen LogP contribution in [-0.2, 0) is 20.0 Å². The molecule has 0 spiro atoms. The Morgan fingerprint density at radius 3 is 2.73 bits per heavy atom. The van der Waals surface area contributed by atoms with E-state index in [9.17, 15) is 5.26 Å². The quantitative estimate of drug-likeness (QED) is 0.761. The van der Waals surface area contributed by atoms with Crippen LogP contribution in [0.1, 0.15) is 34.9 Å². The molecule has 0 fully saturated rings. The molecular formula is C20H23N5O. The van der Waals surface area contributed by atoms with Crippen LogP contribution in [0.4, 0.5) is 5.69 Å². The van der Waals surface area contributed by atoms with E-state index < -0.39 is 0 Å². The van der Waals surface area contributed by atoms with E-state index >= 15 is 0 Å². The van der Waals surface area contributed by atoms with E-state index in [4.69, 9.17) is 4.74 Å². The molecule has 0 atom stereocenters. The molecule has 1 aromatic carbocycles. The van der Waals surface area contributed by atoms with Crippen molar-refractivity contribution in [3.63, 3.8) is 0 Å². The van der Waals surface area contributed by atoms with Crippen molar-refractivity contribution in [2.24, 2.45) is 7.05 Å². The number of aromatic nitrogens is 3. The first-order valence-corrected chi connectivity index (χ1v) is 8.62. The molecule has 6 nitrogen and oxygen atoms in total. The van der Waals surface area contributed by atoms with Crippen molar-refractivity contribution in [1.82, 2.24) is 14.8 Å². The normalized spacial score (nSPS) is 10.8. The summed E-state index contributed by atoms with van der Waals surface area (Å²) in [6, 6.07) is 6.42. The molecule has 0 aliphatic carbocycles. The number of aryl methyl sites for hydroxylation is 4. The van der Waals surface area contributed by atoms with Crippen LogP contribution in [0.2, 0.25) is 0 Å². The largest absolute Gasteiger partial charge is 0.481 e. The van der Waals surface area contributed by atoms with E-state index in [1.807, 2.05) is 14.0 Å². The molecule has 0 amide bonds. The summed E-state index contributed by atoms with van der Waals surface area (Å²) in [5.41, 5.74) is 6.48. The lowest BCUT2D eigenvalue weighted by Gasteiger charge is -2.14. The Labute approximate surface area is 153 Å². The average Bonchev–Trinajstić information content (AvgIpc) is 2.94. The second-order valence-corrected chi connectivity index (χ2v) is 6.40. The summed E-state index contributed by atoms with van der Waals surface area (Å²) in [7, 11) is 3.52. The van der Waals surface area contributed by atoms with E-state index in [0.717, 1.165) is 51.3 Å². The Kier molecular flexibility index (Phi) is 4.81. The second kappa shape index (κ2) is 7.04. The topological polar surface area (TPSA) is 75.8 Å². The molecular weight excluding hydrogens is 326 g/mol. The summed E-state index contributed by atoms with van der Waals surface area (Å²) in [5.74, 6) is 0.735. The zero-order valence-corrected chi connectivity index (χ0v) is 15.8. The number of anilines is 1. The lowest BCUT2D eigenvalue weighted by Crippen LogP contribution is -2.06. The van der Waals surface area contributed by atoms with Gasteiger partial charge in [0.25, 0.3) is 0 Å². The molecule has 0 aliphatic heterocycles. The minimum Gasteiger partial charge on any atom is -0.481 e. The lowest BCUT2D eigenvalue weighted by atomic mass is 10.0. The standard InChI is InChI=1S/C20H23N5O/c1-6-17-16(20(26-5)25(4)24-17)11-23-19-14(9-21)10-22-18-13(3)7-12(2)8-15(18)19/h7-8,10H,6,11H2,1-5H3,(H,22,23). The maximum absolute atomic E-state index is 9.55. The van der Waals surface area contributed by atoms with Gasteiger partial charge in [-0.2, -0.15) is 10.4 Å². The summed E-state index contributed by atoms with van der Waals surface area (Å²) in [5, 5.41) is 18.5. The van der Waals surface area contributed by atoms with Gasteiger partial charge in [0.15, 0.2) is 0 Å². The number of hydrogen-bond donors (Lipinski definition) is 1. The average molecular weight is 349 g/mol. The third-order valence-electron chi connectivity index (χ3n) is 4.57. The van der Waals surface area contributed by atoms with E-state index in [1.54, 1.807) is 18.0 Å². The summed E-state index contributed by atoms with van der Waals surface area (Å²) in [6.07, 6.45) is 2.45. The van der Waals surface area contributed by atoms with Crippen molar-refractivity contribution in [2.75, 3.05) is 12.4 Å². The van der Waals surface area contributed by atoms with Crippen LogP contribution in [0.5, 0.6) is 5.88 Å². The number of methoxy groups -OCH3 is 1. The molecule has 1 N–H and O–H groups in total. The van der Waals surface area contributed by atoms with Gasteiger partial charge < -0.3 is 10.1 Å². The molecule has 3 aromatic rings. The molecule has 2 heterocycles. The van der Waals surface area contributed by atoms with Crippen molar-refractivity contribution in [3.05, 3.63) is 46.3 Å². The van der Waals surface area contributed by atoms with Crippen LogP contribution in [0.15, 0.2) is 18.3 Å². The molecule has 0 radical (unpaired) electrons. The zero-order valence-electron chi connectivity index (χ0n) is 15.8. The monoisotopic (exact) mass is 349 g/mol. The zero-order chi connectivity index (χ0) is 18.8. The van der Waals surface area contributed by atoms with Crippen LogP contribution in [0, 0.1) is 25.2 Å². The van der Waals surface area contributed by atoms with Crippen molar-refractivity contribution in [1.29, 1.82) is 5.26 Å². The third-order valence-corrected chi connectivity index (χ3v) is 4.57. The number of pyridine rings is 1. The number of fused-ring (bicyclic) bond motifs is 1. The maximum Gasteiger partial charge on any atom is 0.216 e. The highest BCUT2D eigenvalue weighted by molar-refractivity contribution is 5.96. The lowest BCUT2D eigenvalue weighted by molar-refractivity contribution is 0.370. The van der Waals surface area contributed by atoms with Gasteiger partial charge in [0, 0.05) is 25.2 Å². The third kappa shape index (κ3) is 2.97. The summed E-state index contributed by atoms with van der Waals surface area (Å²) in [6.45, 7) is 6.69. The number of nitrogens with one attached hydrogen (secondary N) is 1. The molecule has 0 bridgehead atoms. The van der Waals surface area contributed by atoms with Gasteiger partial charge in [-0.3, -0.25) is 4.98 Å². The highest BCUT2D eigenvalue weighted by atomic mass is 16.5. The number of nitrogens with zero attached hydrogens (tertiary/aromatic N) is 4. The van der Waals surface area contributed by atoms with Gasteiger partial charge in [0.05, 0.1) is 35.1 Å². The maximum atomic E-state index is 9.55. The van der Waals surface area contributed by atoms with E-state index in [-0.39, 0.29) is 0 Å². The van der Waals surface area contributed by atoms with E-state index in [1.165, 1.54) is 0 Å². The van der Waals surface area contributed by atoms with Gasteiger partial charge in [0.2, 0.25) is 5.88 Å². The first kappa shape index (κ1) is 17.7. The molecule has 0 aliphatic rings. The fourth-order valence-corrected chi connectivity index (χ4v) is 3.44. The Morgan fingerprint density at radius 1 is 1.31 bits per heavy atom. The van der Waals surface area contributed by atoms with Crippen LogP contribution in [0.25, 0.3) is 10.9 Å². The molecule has 2 aromatic heterocycles. The highest BCUT2D eigenvalue weighted by Crippen LogP contribution is 2.30. The van der Waals surface area contributed by atoms with Crippen molar-refractivity contribution in [2.45, 2.75) is 33.7 Å². The van der Waals surface area contributed by atoms with E-state index in [2.05, 4.69) is 47.4 Å². The minimum absolute atomic E-state index is 0.529. The number of benzene rings is 1. The second-order valence-electron chi connectivity index (χ2n) is 6.40. The van der Waals surface area contributed by atoms with E-state index in [0.29, 0.717) is 12.1 Å². The van der Waals surface area contributed by atoms with Gasteiger partial charge in [-0.05, 0) is 31.9 Å². The Morgan fingerprint density at radius 2 is 2.08 bits per heavy atom. The molecule has 134 valence electrons. The van der Waals surface area contributed by atoms with Crippen LogP contribution in [0.3, 0.4) is 0 Å². The highest BCUT2D eigenvalue weighted by Gasteiger charge is 2.17. The number of ether oxygens (including phenoxy) is 1. The summed E-state index contributed by atoms with van der Waals surface area (Å²) in [4.78, 5) is 4.48. The fraction of sp³-hybridized carbons (Fsp3) is 0.350. The number of hydrogen-bond acceptors (Lipinski definition) is 5. The van der Waals surface area contributed by atoms with Crippen molar-refractivity contribution < 1.29 is 4.74 Å². The molecule has 3 rings (SSSR count). The predicted octanol–water partition coefficient (Wildman–Crippen LogP) is 3.64. The van der Waals surface area contributed by atoms with Gasteiger partial charge in [-0.1, -0.05) is 18.6 Å². The molecule has 26 heavy (non-hydrogen) atoms. The molecule has 0 saturated carbocycles. The first-order valence-electron chi connectivity index (χ1n) is 8.62. The molecule has 6 heteroatoms. The molecule has 0 saturated heterocycles. The van der Waals surface area contributed by atoms with Gasteiger partial charge in [0.1, 0.15) is 6.07 Å². The Balaban J connectivity index is 2.09. The van der Waals surface area contributed by atoms with Crippen LogP contribution < -0.4 is 10.1 Å². The Hall–Kier alpha value is -3.07. The predicted molar refractivity (Wildman–Crippen MR) is 102 cm³/mol. The van der Waals surface area contributed by atoms with Crippen molar-refractivity contribution >= 4 is 16.6 Å². The molecule has 0 unspecified atom stereocenters. The Bertz CT molecular complexity index is 1010. The smallest absolute Gasteiger partial charge is 0.216 e. The van der Waals surface area contributed by atoms with Gasteiger partial charge in [-0.15, -0.1) is 0 Å².